The quantitative estimate of drug-likeness (QED) is 0.544. The van der Waals surface area contributed by atoms with E-state index in [9.17, 15) is 18.0 Å². The van der Waals surface area contributed by atoms with Crippen molar-refractivity contribution < 1.29 is 18.0 Å². The number of amides is 2. The van der Waals surface area contributed by atoms with Crippen LogP contribution >= 0.6 is 0 Å². The maximum absolute atomic E-state index is 13.5. The smallest absolute Gasteiger partial charge is 0.244 e. The standard InChI is InChI=1S/C25H35N3O4S/c1-6-22-14-10-11-15-23(22)28(33(5,31)32)18-24(29)27(20(4)25(30)26-19(2)3)17-16-21-12-8-7-9-13-21/h7-15,19-20H,6,16-18H2,1-5H3,(H,26,30). The van der Waals surface area contributed by atoms with E-state index in [4.69, 9.17) is 0 Å². The topological polar surface area (TPSA) is 86.8 Å². The third kappa shape index (κ3) is 7.60. The fourth-order valence-electron chi connectivity index (χ4n) is 3.62. The molecule has 0 radical (unpaired) electrons. The van der Waals surface area contributed by atoms with Gasteiger partial charge in [-0.1, -0.05) is 55.5 Å². The van der Waals surface area contributed by atoms with E-state index in [0.29, 0.717) is 25.1 Å². The molecule has 1 N–H and O–H groups in total. The van der Waals surface area contributed by atoms with Gasteiger partial charge in [-0.15, -0.1) is 0 Å². The van der Waals surface area contributed by atoms with Gasteiger partial charge in [0.1, 0.15) is 12.6 Å². The number of carbonyl (C=O) groups excluding carboxylic acids is 2. The molecule has 8 heteroatoms. The van der Waals surface area contributed by atoms with Crippen molar-refractivity contribution in [2.24, 2.45) is 0 Å². The molecule has 2 aromatic carbocycles. The van der Waals surface area contributed by atoms with Crippen molar-refractivity contribution in [2.45, 2.75) is 52.6 Å². The fraction of sp³-hybridized carbons (Fsp3) is 0.440. The molecule has 180 valence electrons. The van der Waals surface area contributed by atoms with Gasteiger partial charge in [0.05, 0.1) is 11.9 Å². The SMILES string of the molecule is CCc1ccccc1N(CC(=O)N(CCc1ccccc1)C(C)C(=O)NC(C)C)S(C)(=O)=O. The number of benzene rings is 2. The van der Waals surface area contributed by atoms with Crippen LogP contribution < -0.4 is 9.62 Å². The highest BCUT2D eigenvalue weighted by Gasteiger charge is 2.30. The summed E-state index contributed by atoms with van der Waals surface area (Å²) in [5.41, 5.74) is 2.35. The van der Waals surface area contributed by atoms with E-state index in [1.165, 1.54) is 4.90 Å². The first kappa shape index (κ1) is 26.4. The molecule has 2 rings (SSSR count). The summed E-state index contributed by atoms with van der Waals surface area (Å²) in [6.45, 7) is 7.24. The van der Waals surface area contributed by atoms with Gasteiger partial charge in [-0.25, -0.2) is 8.42 Å². The Kier molecular flexibility index (Phi) is 9.46. The van der Waals surface area contributed by atoms with Crippen LogP contribution in [0.1, 0.15) is 38.8 Å². The highest BCUT2D eigenvalue weighted by Crippen LogP contribution is 2.24. The minimum atomic E-state index is -3.73. The van der Waals surface area contributed by atoms with Crippen molar-refractivity contribution in [1.82, 2.24) is 10.2 Å². The third-order valence-electron chi connectivity index (χ3n) is 5.40. The normalized spacial score (nSPS) is 12.3. The molecule has 0 aliphatic carbocycles. The largest absolute Gasteiger partial charge is 0.352 e. The predicted octanol–water partition coefficient (Wildman–Crippen LogP) is 3.00. The van der Waals surface area contributed by atoms with Crippen LogP contribution in [0.3, 0.4) is 0 Å². The summed E-state index contributed by atoms with van der Waals surface area (Å²) in [4.78, 5) is 27.7. The highest BCUT2D eigenvalue weighted by atomic mass is 32.2. The number of carbonyl (C=O) groups is 2. The van der Waals surface area contributed by atoms with E-state index in [-0.39, 0.29) is 18.5 Å². The van der Waals surface area contributed by atoms with E-state index in [1.807, 2.05) is 63.2 Å². The molecule has 0 aromatic heterocycles. The molecule has 2 amide bonds. The maximum Gasteiger partial charge on any atom is 0.244 e. The van der Waals surface area contributed by atoms with Gasteiger partial charge in [-0.3, -0.25) is 13.9 Å². The molecule has 0 spiro atoms. The molecule has 0 saturated heterocycles. The number of nitrogens with zero attached hydrogens (tertiary/aromatic N) is 2. The number of aryl methyl sites for hydroxylation is 1. The van der Waals surface area contributed by atoms with E-state index < -0.39 is 22.0 Å². The fourth-order valence-corrected chi connectivity index (χ4v) is 4.50. The van der Waals surface area contributed by atoms with E-state index >= 15 is 0 Å². The number of nitrogens with one attached hydrogen (secondary N) is 1. The summed E-state index contributed by atoms with van der Waals surface area (Å²) >= 11 is 0. The molecule has 7 nitrogen and oxygen atoms in total. The van der Waals surface area contributed by atoms with Gasteiger partial charge in [-0.05, 0) is 50.8 Å². The second-order valence-corrected chi connectivity index (χ2v) is 10.3. The third-order valence-corrected chi connectivity index (χ3v) is 6.53. The second kappa shape index (κ2) is 11.8. The molecule has 2 aromatic rings. The Hall–Kier alpha value is -2.87. The molecule has 0 saturated carbocycles. The Labute approximate surface area is 197 Å². The van der Waals surface area contributed by atoms with Crippen molar-refractivity contribution in [1.29, 1.82) is 0 Å². The summed E-state index contributed by atoms with van der Waals surface area (Å²) in [7, 11) is -3.73. The lowest BCUT2D eigenvalue weighted by Gasteiger charge is -2.32. The number of hydrogen-bond acceptors (Lipinski definition) is 4. The number of sulfonamides is 1. The van der Waals surface area contributed by atoms with Gasteiger partial charge >= 0.3 is 0 Å². The molecule has 0 fully saturated rings. The first-order valence-corrected chi connectivity index (χ1v) is 13.1. The maximum atomic E-state index is 13.5. The Morgan fingerprint density at radius 2 is 1.58 bits per heavy atom. The lowest BCUT2D eigenvalue weighted by molar-refractivity contribution is -0.139. The van der Waals surface area contributed by atoms with E-state index in [2.05, 4.69) is 5.32 Å². The van der Waals surface area contributed by atoms with Gasteiger partial charge in [0, 0.05) is 12.6 Å². The number of rotatable bonds is 11. The molecule has 0 heterocycles. The van der Waals surface area contributed by atoms with Crippen molar-refractivity contribution in [3.8, 4) is 0 Å². The second-order valence-electron chi connectivity index (χ2n) is 8.41. The average molecular weight is 474 g/mol. The van der Waals surface area contributed by atoms with Gasteiger partial charge in [0.25, 0.3) is 0 Å². The minimum absolute atomic E-state index is 0.0741. The minimum Gasteiger partial charge on any atom is -0.352 e. The van der Waals surface area contributed by atoms with Crippen LogP contribution in [-0.4, -0.2) is 56.6 Å². The van der Waals surface area contributed by atoms with Crippen LogP contribution in [0.25, 0.3) is 0 Å². The molecule has 0 aliphatic heterocycles. The Balaban J connectivity index is 2.34. The van der Waals surface area contributed by atoms with E-state index in [1.54, 1.807) is 19.1 Å². The molecular formula is C25H35N3O4S. The molecule has 1 atom stereocenters. The van der Waals surface area contributed by atoms with Gasteiger partial charge in [0.2, 0.25) is 21.8 Å². The summed E-state index contributed by atoms with van der Waals surface area (Å²) in [5, 5.41) is 2.84. The van der Waals surface area contributed by atoms with Crippen LogP contribution in [0, 0.1) is 0 Å². The molecule has 0 aliphatic rings. The zero-order valence-corrected chi connectivity index (χ0v) is 20.9. The summed E-state index contributed by atoms with van der Waals surface area (Å²) < 4.78 is 26.5. The Bertz CT molecular complexity index is 1040. The van der Waals surface area contributed by atoms with Gasteiger partial charge in [-0.2, -0.15) is 0 Å². The van der Waals surface area contributed by atoms with E-state index in [0.717, 1.165) is 21.7 Å². The zero-order valence-electron chi connectivity index (χ0n) is 20.1. The van der Waals surface area contributed by atoms with Gasteiger partial charge < -0.3 is 10.2 Å². The summed E-state index contributed by atoms with van der Waals surface area (Å²) in [5.74, 6) is -0.694. The van der Waals surface area contributed by atoms with Crippen molar-refractivity contribution >= 4 is 27.5 Å². The first-order chi connectivity index (χ1) is 15.5. The Morgan fingerprint density at radius 1 is 0.970 bits per heavy atom. The molecule has 33 heavy (non-hydrogen) atoms. The zero-order chi connectivity index (χ0) is 24.6. The van der Waals surface area contributed by atoms with Crippen molar-refractivity contribution in [3.05, 3.63) is 65.7 Å². The number of hydrogen-bond donors (Lipinski definition) is 1. The van der Waals surface area contributed by atoms with Crippen molar-refractivity contribution in [3.63, 3.8) is 0 Å². The summed E-state index contributed by atoms with van der Waals surface area (Å²) in [6, 6.07) is 16.0. The average Bonchev–Trinajstić information content (AvgIpc) is 2.77. The monoisotopic (exact) mass is 473 g/mol. The number of anilines is 1. The Morgan fingerprint density at radius 3 is 2.15 bits per heavy atom. The van der Waals surface area contributed by atoms with Crippen molar-refractivity contribution in [2.75, 3.05) is 23.7 Å². The lowest BCUT2D eigenvalue weighted by atomic mass is 10.1. The van der Waals surface area contributed by atoms with Gasteiger partial charge in [0.15, 0.2) is 0 Å². The van der Waals surface area contributed by atoms with Crippen LogP contribution in [0.4, 0.5) is 5.69 Å². The first-order valence-electron chi connectivity index (χ1n) is 11.2. The predicted molar refractivity (Wildman–Crippen MR) is 133 cm³/mol. The lowest BCUT2D eigenvalue weighted by Crippen LogP contribution is -2.53. The van der Waals surface area contributed by atoms with Crippen LogP contribution in [0.2, 0.25) is 0 Å². The molecular weight excluding hydrogens is 438 g/mol. The molecule has 0 bridgehead atoms. The summed E-state index contributed by atoms with van der Waals surface area (Å²) in [6.07, 6.45) is 2.27. The molecule has 1 unspecified atom stereocenters. The van der Waals surface area contributed by atoms with Crippen LogP contribution in [0.15, 0.2) is 54.6 Å². The van der Waals surface area contributed by atoms with Crippen LogP contribution in [-0.2, 0) is 32.5 Å². The van der Waals surface area contributed by atoms with Crippen LogP contribution in [0.5, 0.6) is 0 Å². The number of para-hydroxylation sites is 1. The highest BCUT2D eigenvalue weighted by molar-refractivity contribution is 7.92.